The van der Waals surface area contributed by atoms with Crippen molar-refractivity contribution in [2.45, 2.75) is 48.8 Å². The van der Waals surface area contributed by atoms with Crippen LogP contribution in [0.25, 0.3) is 10.9 Å². The van der Waals surface area contributed by atoms with Gasteiger partial charge in [-0.05, 0) is 31.7 Å². The summed E-state index contributed by atoms with van der Waals surface area (Å²) in [5.41, 5.74) is 1.22. The first kappa shape index (κ1) is 16.0. The van der Waals surface area contributed by atoms with Crippen LogP contribution in [0.2, 0.25) is 0 Å². The van der Waals surface area contributed by atoms with Crippen LogP contribution in [0.15, 0.2) is 35.4 Å². The van der Waals surface area contributed by atoms with E-state index in [-0.39, 0.29) is 5.91 Å². The maximum Gasteiger partial charge on any atom is 0.233 e. The van der Waals surface area contributed by atoms with Crippen LogP contribution in [-0.4, -0.2) is 46.4 Å². The summed E-state index contributed by atoms with van der Waals surface area (Å²) < 4.78 is 7.67. The smallest absolute Gasteiger partial charge is 0.233 e. The van der Waals surface area contributed by atoms with E-state index in [1.54, 1.807) is 18.9 Å². The van der Waals surface area contributed by atoms with Crippen molar-refractivity contribution in [2.75, 3.05) is 12.9 Å². The number of thioether (sulfide) groups is 1. The van der Waals surface area contributed by atoms with Crippen LogP contribution in [0.4, 0.5) is 0 Å². The molecule has 2 fully saturated rings. The van der Waals surface area contributed by atoms with Gasteiger partial charge in [0.2, 0.25) is 5.91 Å². The summed E-state index contributed by atoms with van der Waals surface area (Å²) in [7, 11) is 3.85. The number of para-hydroxylation sites is 1. The van der Waals surface area contributed by atoms with Gasteiger partial charge >= 0.3 is 0 Å². The highest BCUT2D eigenvalue weighted by Gasteiger charge is 2.43. The van der Waals surface area contributed by atoms with E-state index in [1.807, 2.05) is 0 Å². The molecule has 2 bridgehead atoms. The first-order valence-corrected chi connectivity index (χ1v) is 9.66. The molecule has 0 aliphatic carbocycles. The van der Waals surface area contributed by atoms with E-state index in [4.69, 9.17) is 4.74 Å². The lowest BCUT2D eigenvalue weighted by molar-refractivity contribution is -0.135. The zero-order chi connectivity index (χ0) is 16.7. The number of carbonyl (C=O) groups is 1. The maximum absolute atomic E-state index is 12.8. The number of rotatable bonds is 4. The molecule has 4 rings (SSSR count). The molecule has 3 atom stereocenters. The second-order valence-electron chi connectivity index (χ2n) is 6.93. The lowest BCUT2D eigenvalue weighted by atomic mass is 10.00. The average molecular weight is 344 g/mol. The molecule has 1 amide bonds. The number of ether oxygens (including phenoxy) is 1. The first-order valence-electron chi connectivity index (χ1n) is 8.68. The predicted molar refractivity (Wildman–Crippen MR) is 97.3 cm³/mol. The third kappa shape index (κ3) is 2.74. The molecule has 4 nitrogen and oxygen atoms in total. The zero-order valence-corrected chi connectivity index (χ0v) is 15.1. The summed E-state index contributed by atoms with van der Waals surface area (Å²) in [6.45, 7) is 0. The number of aryl methyl sites for hydroxylation is 1. The third-order valence-electron chi connectivity index (χ3n) is 5.52. The fourth-order valence-corrected chi connectivity index (χ4v) is 5.35. The van der Waals surface area contributed by atoms with Gasteiger partial charge in [0.05, 0.1) is 11.9 Å². The molecule has 1 aromatic heterocycles. The molecular formula is C19H24N2O2S. The number of methoxy groups -OCH3 is 1. The van der Waals surface area contributed by atoms with Gasteiger partial charge < -0.3 is 14.2 Å². The lowest BCUT2D eigenvalue weighted by Crippen LogP contribution is -2.49. The predicted octanol–water partition coefficient (Wildman–Crippen LogP) is 3.44. The molecular weight excluding hydrogens is 320 g/mol. The zero-order valence-electron chi connectivity index (χ0n) is 14.3. The Morgan fingerprint density at radius 2 is 1.96 bits per heavy atom. The highest BCUT2D eigenvalue weighted by Crippen LogP contribution is 2.38. The Bertz CT molecular complexity index is 743. The summed E-state index contributed by atoms with van der Waals surface area (Å²) in [5, 5.41) is 1.24. The van der Waals surface area contributed by atoms with Crippen molar-refractivity contribution in [1.82, 2.24) is 9.47 Å². The van der Waals surface area contributed by atoms with Crippen LogP contribution in [0.3, 0.4) is 0 Å². The highest BCUT2D eigenvalue weighted by atomic mass is 32.2. The minimum Gasteiger partial charge on any atom is -0.381 e. The molecule has 2 aromatic rings. The van der Waals surface area contributed by atoms with Crippen molar-refractivity contribution in [1.29, 1.82) is 0 Å². The molecule has 24 heavy (non-hydrogen) atoms. The number of nitrogens with zero attached hydrogens (tertiary/aromatic N) is 2. The van der Waals surface area contributed by atoms with Gasteiger partial charge in [0.25, 0.3) is 0 Å². The summed E-state index contributed by atoms with van der Waals surface area (Å²) in [6, 6.07) is 9.14. The quantitative estimate of drug-likeness (QED) is 0.797. The third-order valence-corrected chi connectivity index (χ3v) is 6.55. The van der Waals surface area contributed by atoms with E-state index in [2.05, 4.69) is 47.0 Å². The Kier molecular flexibility index (Phi) is 4.31. The van der Waals surface area contributed by atoms with Gasteiger partial charge in [-0.25, -0.2) is 0 Å². The largest absolute Gasteiger partial charge is 0.381 e. The topological polar surface area (TPSA) is 34.5 Å². The number of carbonyl (C=O) groups excluding carboxylic acids is 1. The van der Waals surface area contributed by atoms with E-state index in [1.165, 1.54) is 15.8 Å². The molecule has 1 unspecified atom stereocenters. The van der Waals surface area contributed by atoms with Crippen molar-refractivity contribution in [3.8, 4) is 0 Å². The van der Waals surface area contributed by atoms with E-state index < -0.39 is 0 Å². The van der Waals surface area contributed by atoms with Crippen molar-refractivity contribution < 1.29 is 9.53 Å². The molecule has 0 radical (unpaired) electrons. The Balaban J connectivity index is 1.45. The second kappa shape index (κ2) is 6.45. The Morgan fingerprint density at radius 3 is 2.67 bits per heavy atom. The van der Waals surface area contributed by atoms with Gasteiger partial charge in [-0.1, -0.05) is 18.2 Å². The maximum atomic E-state index is 12.8. The van der Waals surface area contributed by atoms with Crippen LogP contribution >= 0.6 is 11.8 Å². The number of piperidine rings is 1. The van der Waals surface area contributed by atoms with Crippen molar-refractivity contribution in [3.05, 3.63) is 30.5 Å². The fourth-order valence-electron chi connectivity index (χ4n) is 4.36. The van der Waals surface area contributed by atoms with E-state index in [0.29, 0.717) is 23.9 Å². The summed E-state index contributed by atoms with van der Waals surface area (Å²) in [4.78, 5) is 16.2. The van der Waals surface area contributed by atoms with Gasteiger partial charge in [0.1, 0.15) is 0 Å². The van der Waals surface area contributed by atoms with Crippen LogP contribution in [0.1, 0.15) is 25.7 Å². The number of aromatic nitrogens is 1. The molecule has 2 aliphatic rings. The normalized spacial score (nSPS) is 26.2. The lowest BCUT2D eigenvalue weighted by Gasteiger charge is -2.38. The monoisotopic (exact) mass is 344 g/mol. The molecule has 1 aromatic carbocycles. The van der Waals surface area contributed by atoms with Crippen LogP contribution in [0.5, 0.6) is 0 Å². The van der Waals surface area contributed by atoms with Crippen molar-refractivity contribution in [3.63, 3.8) is 0 Å². The van der Waals surface area contributed by atoms with E-state index >= 15 is 0 Å². The fraction of sp³-hybridized carbons (Fsp3) is 0.526. The Hall–Kier alpha value is -1.46. The van der Waals surface area contributed by atoms with Gasteiger partial charge in [-0.3, -0.25) is 4.79 Å². The highest BCUT2D eigenvalue weighted by molar-refractivity contribution is 8.00. The Morgan fingerprint density at radius 1 is 1.25 bits per heavy atom. The molecule has 5 heteroatoms. The number of hydrogen-bond acceptors (Lipinski definition) is 3. The van der Waals surface area contributed by atoms with Crippen LogP contribution in [-0.2, 0) is 16.6 Å². The van der Waals surface area contributed by atoms with Crippen LogP contribution in [0, 0.1) is 0 Å². The molecule has 0 saturated carbocycles. The molecule has 0 spiro atoms. The molecule has 3 heterocycles. The van der Waals surface area contributed by atoms with E-state index in [0.717, 1.165) is 25.7 Å². The summed E-state index contributed by atoms with van der Waals surface area (Å²) in [5.74, 6) is 0.813. The summed E-state index contributed by atoms with van der Waals surface area (Å²) in [6.07, 6.45) is 6.73. The number of benzene rings is 1. The molecule has 0 N–H and O–H groups in total. The van der Waals surface area contributed by atoms with Gasteiger partial charge in [-0.2, -0.15) is 0 Å². The average Bonchev–Trinajstić information content (AvgIpc) is 3.07. The second-order valence-corrected chi connectivity index (χ2v) is 7.94. The molecule has 2 saturated heterocycles. The van der Waals surface area contributed by atoms with Crippen molar-refractivity contribution in [2.24, 2.45) is 7.05 Å². The molecule has 2 aliphatic heterocycles. The Labute approximate surface area is 147 Å². The number of amides is 1. The minimum atomic E-state index is 0.287. The summed E-state index contributed by atoms with van der Waals surface area (Å²) >= 11 is 1.67. The van der Waals surface area contributed by atoms with Gasteiger partial charge in [0, 0.05) is 48.2 Å². The van der Waals surface area contributed by atoms with Gasteiger partial charge in [-0.15, -0.1) is 11.8 Å². The van der Waals surface area contributed by atoms with E-state index in [9.17, 15) is 4.79 Å². The van der Waals surface area contributed by atoms with Crippen LogP contribution < -0.4 is 0 Å². The SMILES string of the molecule is COC1C[C@H]2CC[C@@H](C1)N2C(=O)CSc1cn(C)c2ccccc12. The first-order chi connectivity index (χ1) is 11.7. The molecule has 128 valence electrons. The van der Waals surface area contributed by atoms with Gasteiger partial charge in [0.15, 0.2) is 0 Å². The van der Waals surface area contributed by atoms with Crippen molar-refractivity contribution >= 4 is 28.6 Å². The number of hydrogen-bond donors (Lipinski definition) is 0. The standard InChI is InChI=1S/C19H24N2O2S/c1-20-11-18(16-5-3-4-6-17(16)20)24-12-19(22)21-13-7-8-14(21)10-15(9-13)23-2/h3-6,11,13-15H,7-10,12H2,1-2H3/t13-,14+,15?. The number of fused-ring (bicyclic) bond motifs is 3. The minimum absolute atomic E-state index is 0.287.